The standard InChI is InChI=1S/C15H23NO4S/c1-3-4-8-21(17,18)16-10-12-9-13-6-5-7-14(19-2)15(13)20-11-12/h5-7,12,16H,3-4,8-11H2,1-2H3. The largest absolute Gasteiger partial charge is 0.493 e. The van der Waals surface area contributed by atoms with E-state index in [1.807, 2.05) is 25.1 Å². The van der Waals surface area contributed by atoms with Crippen LogP contribution in [0, 0.1) is 5.92 Å². The van der Waals surface area contributed by atoms with Crippen molar-refractivity contribution in [1.29, 1.82) is 0 Å². The van der Waals surface area contributed by atoms with Gasteiger partial charge >= 0.3 is 0 Å². The summed E-state index contributed by atoms with van der Waals surface area (Å²) >= 11 is 0. The fourth-order valence-corrected chi connectivity index (χ4v) is 3.70. The van der Waals surface area contributed by atoms with E-state index < -0.39 is 10.0 Å². The van der Waals surface area contributed by atoms with Crippen LogP contribution < -0.4 is 14.2 Å². The third-order valence-corrected chi connectivity index (χ3v) is 5.04. The number of rotatable bonds is 7. The molecule has 1 unspecified atom stereocenters. The quantitative estimate of drug-likeness (QED) is 0.836. The van der Waals surface area contributed by atoms with Gasteiger partial charge in [0.15, 0.2) is 11.5 Å². The van der Waals surface area contributed by atoms with Gasteiger partial charge in [-0.15, -0.1) is 0 Å². The summed E-state index contributed by atoms with van der Waals surface area (Å²) in [5, 5.41) is 0. The van der Waals surface area contributed by atoms with Crippen LogP contribution in [0.4, 0.5) is 0 Å². The lowest BCUT2D eigenvalue weighted by molar-refractivity contribution is 0.213. The minimum Gasteiger partial charge on any atom is -0.493 e. The number of fused-ring (bicyclic) bond motifs is 1. The Kier molecular flexibility index (Phi) is 5.47. The van der Waals surface area contributed by atoms with Crippen molar-refractivity contribution in [2.45, 2.75) is 26.2 Å². The molecule has 0 aliphatic carbocycles. The molecule has 0 saturated carbocycles. The molecule has 0 saturated heterocycles. The maximum atomic E-state index is 11.8. The van der Waals surface area contributed by atoms with Gasteiger partial charge in [0.25, 0.3) is 0 Å². The molecule has 1 aromatic rings. The van der Waals surface area contributed by atoms with Crippen LogP contribution in [0.25, 0.3) is 0 Å². The van der Waals surface area contributed by atoms with Crippen LogP contribution in [0.3, 0.4) is 0 Å². The Labute approximate surface area is 126 Å². The maximum Gasteiger partial charge on any atom is 0.211 e. The van der Waals surface area contributed by atoms with E-state index in [-0.39, 0.29) is 11.7 Å². The van der Waals surface area contributed by atoms with Gasteiger partial charge in [-0.1, -0.05) is 25.5 Å². The zero-order chi connectivity index (χ0) is 15.3. The van der Waals surface area contributed by atoms with Crippen molar-refractivity contribution >= 4 is 10.0 Å². The lowest BCUT2D eigenvalue weighted by atomic mass is 9.96. The van der Waals surface area contributed by atoms with Crippen LogP contribution >= 0.6 is 0 Å². The second kappa shape index (κ2) is 7.13. The average molecular weight is 313 g/mol. The minimum absolute atomic E-state index is 0.154. The molecule has 0 bridgehead atoms. The molecule has 0 amide bonds. The number of methoxy groups -OCH3 is 1. The molecule has 0 aromatic heterocycles. The second-order valence-electron chi connectivity index (χ2n) is 5.35. The van der Waals surface area contributed by atoms with Crippen molar-refractivity contribution in [1.82, 2.24) is 4.72 Å². The van der Waals surface area contributed by atoms with E-state index in [1.54, 1.807) is 7.11 Å². The molecule has 1 N–H and O–H groups in total. The predicted molar refractivity (Wildman–Crippen MR) is 82.4 cm³/mol. The van der Waals surface area contributed by atoms with Gasteiger partial charge in [-0.25, -0.2) is 13.1 Å². The van der Waals surface area contributed by atoms with Crippen molar-refractivity contribution < 1.29 is 17.9 Å². The summed E-state index contributed by atoms with van der Waals surface area (Å²) in [6.45, 7) is 2.90. The highest BCUT2D eigenvalue weighted by Gasteiger charge is 2.23. The number of hydrogen-bond donors (Lipinski definition) is 1. The summed E-state index contributed by atoms with van der Waals surface area (Å²) in [7, 11) is -1.55. The number of nitrogens with one attached hydrogen (secondary N) is 1. The van der Waals surface area contributed by atoms with Crippen molar-refractivity contribution in [2.75, 3.05) is 26.0 Å². The molecular weight excluding hydrogens is 290 g/mol. The molecule has 6 heteroatoms. The average Bonchev–Trinajstić information content (AvgIpc) is 2.50. The summed E-state index contributed by atoms with van der Waals surface area (Å²) in [5.74, 6) is 1.86. The lowest BCUT2D eigenvalue weighted by Gasteiger charge is -2.26. The normalized spacial score (nSPS) is 17.9. The molecule has 1 aliphatic heterocycles. The van der Waals surface area contributed by atoms with E-state index in [0.29, 0.717) is 19.6 Å². The van der Waals surface area contributed by atoms with Crippen LogP contribution in [0.1, 0.15) is 25.3 Å². The first-order valence-corrected chi connectivity index (χ1v) is 8.97. The van der Waals surface area contributed by atoms with Gasteiger partial charge < -0.3 is 9.47 Å². The van der Waals surface area contributed by atoms with Crippen molar-refractivity contribution in [3.8, 4) is 11.5 Å². The van der Waals surface area contributed by atoms with E-state index in [9.17, 15) is 8.42 Å². The first-order chi connectivity index (χ1) is 10.1. The van der Waals surface area contributed by atoms with Crippen LogP contribution in [-0.2, 0) is 16.4 Å². The minimum atomic E-state index is -3.16. The summed E-state index contributed by atoms with van der Waals surface area (Å²) in [5.41, 5.74) is 1.07. The van der Waals surface area contributed by atoms with Crippen LogP contribution in [-0.4, -0.2) is 34.4 Å². The molecule has 1 aliphatic rings. The molecule has 21 heavy (non-hydrogen) atoms. The highest BCUT2D eigenvalue weighted by molar-refractivity contribution is 7.89. The van der Waals surface area contributed by atoms with Crippen molar-refractivity contribution in [3.63, 3.8) is 0 Å². The third-order valence-electron chi connectivity index (χ3n) is 3.61. The van der Waals surface area contributed by atoms with Gasteiger partial charge in [0.1, 0.15) is 0 Å². The Morgan fingerprint density at radius 2 is 2.24 bits per heavy atom. The Balaban J connectivity index is 1.93. The van der Waals surface area contributed by atoms with E-state index in [2.05, 4.69) is 4.72 Å². The van der Waals surface area contributed by atoms with E-state index in [4.69, 9.17) is 9.47 Å². The Bertz CT molecular complexity index is 571. The fraction of sp³-hybridized carbons (Fsp3) is 0.600. The molecule has 0 fully saturated rings. The summed E-state index contributed by atoms with van der Waals surface area (Å²) in [6, 6.07) is 5.79. The first-order valence-electron chi connectivity index (χ1n) is 7.31. The number of unbranched alkanes of at least 4 members (excludes halogenated alkanes) is 1. The summed E-state index contributed by atoms with van der Waals surface area (Å²) in [6.07, 6.45) is 2.36. The van der Waals surface area contributed by atoms with Crippen LogP contribution in [0.2, 0.25) is 0 Å². The number of benzene rings is 1. The smallest absolute Gasteiger partial charge is 0.211 e. The van der Waals surface area contributed by atoms with Gasteiger partial charge in [0.05, 0.1) is 19.5 Å². The van der Waals surface area contributed by atoms with E-state index in [1.165, 1.54) is 0 Å². The van der Waals surface area contributed by atoms with E-state index >= 15 is 0 Å². The van der Waals surface area contributed by atoms with Crippen LogP contribution in [0.15, 0.2) is 18.2 Å². The molecule has 5 nitrogen and oxygen atoms in total. The van der Waals surface area contributed by atoms with E-state index in [0.717, 1.165) is 29.9 Å². The predicted octanol–water partition coefficient (Wildman–Crippen LogP) is 1.97. The number of ether oxygens (including phenoxy) is 2. The van der Waals surface area contributed by atoms with Crippen LogP contribution in [0.5, 0.6) is 11.5 Å². The zero-order valence-electron chi connectivity index (χ0n) is 12.6. The van der Waals surface area contributed by atoms with Crippen molar-refractivity contribution in [3.05, 3.63) is 23.8 Å². The zero-order valence-corrected chi connectivity index (χ0v) is 13.4. The monoisotopic (exact) mass is 313 g/mol. The summed E-state index contributed by atoms with van der Waals surface area (Å²) < 4.78 is 37.3. The number of para-hydroxylation sites is 1. The molecule has 1 heterocycles. The second-order valence-corrected chi connectivity index (χ2v) is 7.28. The molecule has 1 atom stereocenters. The van der Waals surface area contributed by atoms with Gasteiger partial charge in [-0.2, -0.15) is 0 Å². The number of sulfonamides is 1. The topological polar surface area (TPSA) is 64.6 Å². The first kappa shape index (κ1) is 16.1. The molecule has 2 rings (SSSR count). The van der Waals surface area contributed by atoms with Crippen molar-refractivity contribution in [2.24, 2.45) is 5.92 Å². The summed E-state index contributed by atoms with van der Waals surface area (Å²) in [4.78, 5) is 0. The fourth-order valence-electron chi connectivity index (χ4n) is 2.40. The van der Waals surface area contributed by atoms with Gasteiger partial charge in [0.2, 0.25) is 10.0 Å². The van der Waals surface area contributed by atoms with Gasteiger partial charge in [-0.3, -0.25) is 0 Å². The lowest BCUT2D eigenvalue weighted by Crippen LogP contribution is -2.36. The molecule has 118 valence electrons. The molecule has 0 spiro atoms. The molecule has 0 radical (unpaired) electrons. The molecular formula is C15H23NO4S. The Morgan fingerprint density at radius 1 is 1.43 bits per heavy atom. The van der Waals surface area contributed by atoms with Gasteiger partial charge in [0, 0.05) is 12.5 Å². The number of hydrogen-bond acceptors (Lipinski definition) is 4. The highest BCUT2D eigenvalue weighted by Crippen LogP contribution is 2.35. The highest BCUT2D eigenvalue weighted by atomic mass is 32.2. The Hall–Kier alpha value is -1.27. The Morgan fingerprint density at radius 3 is 2.95 bits per heavy atom. The SMILES string of the molecule is CCCCS(=O)(=O)NCC1COc2c(cccc2OC)C1. The maximum absolute atomic E-state index is 11.8. The molecule has 1 aromatic carbocycles. The third kappa shape index (κ3) is 4.35. The van der Waals surface area contributed by atoms with Gasteiger partial charge in [-0.05, 0) is 24.5 Å².